The van der Waals surface area contributed by atoms with E-state index < -0.39 is 30.7 Å². The van der Waals surface area contributed by atoms with Gasteiger partial charge in [-0.2, -0.15) is 0 Å². The highest BCUT2D eigenvalue weighted by molar-refractivity contribution is 5.85. The van der Waals surface area contributed by atoms with Crippen molar-refractivity contribution in [1.82, 2.24) is 10.5 Å². The van der Waals surface area contributed by atoms with Crippen LogP contribution in [0.25, 0.3) is 11.3 Å². The molecule has 166 valence electrons. The number of para-hydroxylation sites is 1. The zero-order chi connectivity index (χ0) is 20.6. The second-order valence-corrected chi connectivity index (χ2v) is 7.22. The molecule has 4 rings (SSSR count). The molecule has 2 heterocycles. The fourth-order valence-corrected chi connectivity index (χ4v) is 3.42. The van der Waals surface area contributed by atoms with Gasteiger partial charge in [-0.25, -0.2) is 8.78 Å². The molecule has 0 radical (unpaired) electrons. The van der Waals surface area contributed by atoms with E-state index >= 15 is 0 Å². The molecule has 1 unspecified atom stereocenters. The van der Waals surface area contributed by atoms with Crippen molar-refractivity contribution in [2.45, 2.75) is 50.2 Å². The monoisotopic (exact) mass is 454 g/mol. The molecule has 0 bridgehead atoms. The first-order chi connectivity index (χ1) is 13.7. The van der Waals surface area contributed by atoms with Crippen molar-refractivity contribution in [2.24, 2.45) is 0 Å². The molecule has 2 aliphatic rings. The lowest BCUT2D eigenvalue weighted by molar-refractivity contribution is -0.274. The van der Waals surface area contributed by atoms with Crippen LogP contribution in [0.15, 0.2) is 28.8 Å². The third kappa shape index (κ3) is 5.04. The van der Waals surface area contributed by atoms with Gasteiger partial charge >= 0.3 is 6.36 Å². The van der Waals surface area contributed by atoms with Crippen LogP contribution < -0.4 is 10.1 Å². The van der Waals surface area contributed by atoms with Gasteiger partial charge < -0.3 is 19.3 Å². The van der Waals surface area contributed by atoms with E-state index in [2.05, 4.69) is 15.2 Å². The maximum atomic E-state index is 14.1. The number of nitrogens with one attached hydrogen (secondary N) is 1. The largest absolute Gasteiger partial charge is 0.573 e. The summed E-state index contributed by atoms with van der Waals surface area (Å²) in [5, 5.41) is 6.56. The van der Waals surface area contributed by atoms with E-state index in [0.29, 0.717) is 17.9 Å². The maximum absolute atomic E-state index is 14.1. The average Bonchev–Trinajstić information content (AvgIpc) is 3.40. The number of halogens is 6. The Balaban J connectivity index is 0.00000256. The van der Waals surface area contributed by atoms with Crippen LogP contribution in [0.4, 0.5) is 22.0 Å². The Bertz CT molecular complexity index is 870. The van der Waals surface area contributed by atoms with E-state index in [0.717, 1.165) is 12.8 Å². The van der Waals surface area contributed by atoms with Crippen molar-refractivity contribution in [3.05, 3.63) is 35.6 Å². The van der Waals surface area contributed by atoms with E-state index in [1.807, 2.05) is 0 Å². The molecule has 1 saturated carbocycles. The smallest absolute Gasteiger partial charge is 0.405 e. The molecule has 1 saturated heterocycles. The molecule has 1 aromatic heterocycles. The highest BCUT2D eigenvalue weighted by atomic mass is 35.5. The van der Waals surface area contributed by atoms with E-state index in [4.69, 9.17) is 9.26 Å². The second kappa shape index (κ2) is 8.68. The molecule has 1 atom stereocenters. The molecular formula is C19H20ClF5N2O3. The molecular weight excluding hydrogens is 435 g/mol. The van der Waals surface area contributed by atoms with E-state index in [9.17, 15) is 22.0 Å². The van der Waals surface area contributed by atoms with Crippen LogP contribution in [-0.4, -0.2) is 36.6 Å². The van der Waals surface area contributed by atoms with Crippen LogP contribution in [0.1, 0.15) is 36.5 Å². The predicted octanol–water partition coefficient (Wildman–Crippen LogP) is 5.05. The minimum absolute atomic E-state index is 0. The number of hydrogen-bond donors (Lipinski definition) is 1. The lowest BCUT2D eigenvalue weighted by Gasteiger charge is -2.31. The molecule has 5 nitrogen and oxygen atoms in total. The van der Waals surface area contributed by atoms with Crippen molar-refractivity contribution >= 4 is 12.4 Å². The zero-order valence-electron chi connectivity index (χ0n) is 15.7. The highest BCUT2D eigenvalue weighted by Gasteiger charge is 2.43. The number of rotatable bonds is 6. The van der Waals surface area contributed by atoms with Gasteiger partial charge in [0.15, 0.2) is 0 Å². The number of benzene rings is 1. The fraction of sp³-hybridized carbons (Fsp3) is 0.526. The van der Waals surface area contributed by atoms with Crippen molar-refractivity contribution in [3.63, 3.8) is 0 Å². The zero-order valence-corrected chi connectivity index (χ0v) is 16.5. The molecule has 2 fully saturated rings. The summed E-state index contributed by atoms with van der Waals surface area (Å²) in [5.41, 5.74) is 0.570. The lowest BCUT2D eigenvalue weighted by atomic mass is 10.0. The van der Waals surface area contributed by atoms with Crippen LogP contribution in [0.3, 0.4) is 0 Å². The lowest BCUT2D eigenvalue weighted by Crippen LogP contribution is -2.50. The van der Waals surface area contributed by atoms with E-state index in [1.54, 1.807) is 0 Å². The summed E-state index contributed by atoms with van der Waals surface area (Å²) in [5.74, 6) is -2.94. The molecule has 1 aliphatic carbocycles. The topological polar surface area (TPSA) is 56.5 Å². The van der Waals surface area contributed by atoms with Crippen molar-refractivity contribution in [3.8, 4) is 17.0 Å². The molecule has 1 aliphatic heterocycles. The summed E-state index contributed by atoms with van der Waals surface area (Å²) in [6, 6.07) is 5.52. The Morgan fingerprint density at radius 2 is 1.90 bits per heavy atom. The van der Waals surface area contributed by atoms with Gasteiger partial charge in [-0.1, -0.05) is 17.3 Å². The Kier molecular flexibility index (Phi) is 6.59. The Morgan fingerprint density at radius 3 is 2.57 bits per heavy atom. The number of piperidine rings is 1. The summed E-state index contributed by atoms with van der Waals surface area (Å²) in [7, 11) is 0. The molecule has 1 aromatic carbocycles. The second-order valence-electron chi connectivity index (χ2n) is 7.22. The van der Waals surface area contributed by atoms with Gasteiger partial charge in [-0.3, -0.25) is 0 Å². The molecule has 30 heavy (non-hydrogen) atoms. The number of hydrogen-bond acceptors (Lipinski definition) is 5. The SMILES string of the molecule is Cl.FC(F)(F)Oc1ccccc1-c1noc(C2CC2)c1COC1CCNCC1(F)F. The first-order valence-electron chi connectivity index (χ1n) is 9.28. The van der Waals surface area contributed by atoms with Gasteiger partial charge in [0.05, 0.1) is 13.2 Å². The summed E-state index contributed by atoms with van der Waals surface area (Å²) in [6.07, 6.45) is -4.37. The maximum Gasteiger partial charge on any atom is 0.573 e. The third-order valence-electron chi connectivity index (χ3n) is 4.98. The number of aromatic nitrogens is 1. The summed E-state index contributed by atoms with van der Waals surface area (Å²) >= 11 is 0. The van der Waals surface area contributed by atoms with Gasteiger partial charge in [0.2, 0.25) is 0 Å². The van der Waals surface area contributed by atoms with Gasteiger partial charge in [0.25, 0.3) is 5.92 Å². The third-order valence-corrected chi connectivity index (χ3v) is 4.98. The van der Waals surface area contributed by atoms with Crippen LogP contribution in [0, 0.1) is 0 Å². The average molecular weight is 455 g/mol. The molecule has 2 aromatic rings. The van der Waals surface area contributed by atoms with Crippen LogP contribution in [0.5, 0.6) is 5.75 Å². The van der Waals surface area contributed by atoms with E-state index in [1.165, 1.54) is 24.3 Å². The minimum Gasteiger partial charge on any atom is -0.405 e. The van der Waals surface area contributed by atoms with Crippen LogP contribution in [0.2, 0.25) is 0 Å². The molecule has 0 spiro atoms. The van der Waals surface area contributed by atoms with Crippen LogP contribution >= 0.6 is 12.4 Å². The summed E-state index contributed by atoms with van der Waals surface area (Å²) in [4.78, 5) is 0. The van der Waals surface area contributed by atoms with E-state index in [-0.39, 0.29) is 42.6 Å². The highest BCUT2D eigenvalue weighted by Crippen LogP contribution is 2.46. The first kappa shape index (κ1) is 22.8. The predicted molar refractivity (Wildman–Crippen MR) is 98.9 cm³/mol. The van der Waals surface area contributed by atoms with Crippen molar-refractivity contribution < 1.29 is 35.9 Å². The fourth-order valence-electron chi connectivity index (χ4n) is 3.42. The van der Waals surface area contributed by atoms with Gasteiger partial charge in [-0.05, 0) is 37.9 Å². The Hall–Kier alpha value is -1.91. The summed E-state index contributed by atoms with van der Waals surface area (Å²) < 4.78 is 81.5. The normalized spacial score (nSPS) is 21.2. The van der Waals surface area contributed by atoms with Crippen molar-refractivity contribution in [1.29, 1.82) is 0 Å². The van der Waals surface area contributed by atoms with Crippen LogP contribution in [-0.2, 0) is 11.3 Å². The number of nitrogens with zero attached hydrogens (tertiary/aromatic N) is 1. The molecule has 1 N–H and O–H groups in total. The number of ether oxygens (including phenoxy) is 2. The quantitative estimate of drug-likeness (QED) is 0.619. The standard InChI is InChI=1S/C19H19F5N2O3.ClH/c20-18(21)10-25-8-7-15(18)27-9-13-16(26-29-17(13)11-5-6-11)12-3-1-2-4-14(12)28-19(22,23)24;/h1-4,11,15,25H,5-10H2;1H. The Morgan fingerprint density at radius 1 is 1.17 bits per heavy atom. The first-order valence-corrected chi connectivity index (χ1v) is 9.28. The van der Waals surface area contributed by atoms with Gasteiger partial charge in [0, 0.05) is 17.0 Å². The Labute approximate surface area is 175 Å². The van der Waals surface area contributed by atoms with Gasteiger partial charge in [-0.15, -0.1) is 25.6 Å². The number of alkyl halides is 5. The molecule has 11 heteroatoms. The van der Waals surface area contributed by atoms with Crippen molar-refractivity contribution in [2.75, 3.05) is 13.1 Å². The van der Waals surface area contributed by atoms with Gasteiger partial charge in [0.1, 0.15) is 23.3 Å². The minimum atomic E-state index is -4.88. The summed E-state index contributed by atoms with van der Waals surface area (Å²) in [6.45, 7) is -0.314. The molecule has 0 amide bonds.